The van der Waals surface area contributed by atoms with Crippen LogP contribution in [0.5, 0.6) is 0 Å². The van der Waals surface area contributed by atoms with Crippen molar-refractivity contribution in [1.29, 1.82) is 0 Å². The monoisotopic (exact) mass is 446 g/mol. The fraction of sp³-hybridized carbons (Fsp3) is 0.350. The fourth-order valence-electron chi connectivity index (χ4n) is 2.72. The van der Waals surface area contributed by atoms with Gasteiger partial charge in [-0.3, -0.25) is 19.6 Å². The second kappa shape index (κ2) is 10.0. The summed E-state index contributed by atoms with van der Waals surface area (Å²) >= 11 is 1.16. The Labute approximate surface area is 182 Å². The molecule has 0 bridgehead atoms. The minimum absolute atomic E-state index is 0.00435. The van der Waals surface area contributed by atoms with Gasteiger partial charge in [-0.25, -0.2) is 9.78 Å². The van der Waals surface area contributed by atoms with Gasteiger partial charge in [0.15, 0.2) is 11.7 Å². The molecule has 10 nitrogen and oxygen atoms in total. The quantitative estimate of drug-likeness (QED) is 0.497. The van der Waals surface area contributed by atoms with Gasteiger partial charge in [0.25, 0.3) is 5.91 Å². The molecule has 0 spiro atoms. The van der Waals surface area contributed by atoms with Crippen molar-refractivity contribution in [3.05, 3.63) is 52.2 Å². The maximum atomic E-state index is 12.1. The molecule has 0 radical (unpaired) electrons. The number of hydrogen-bond donors (Lipinski definition) is 1. The Morgan fingerprint density at radius 2 is 2.03 bits per heavy atom. The van der Waals surface area contributed by atoms with E-state index in [4.69, 9.17) is 13.9 Å². The molecular weight excluding hydrogens is 424 g/mol. The maximum Gasteiger partial charge on any atom is 0.374 e. The number of aromatic nitrogens is 3. The molecule has 0 aromatic carbocycles. The second-order valence-corrected chi connectivity index (χ2v) is 7.46. The number of amides is 1. The van der Waals surface area contributed by atoms with E-state index in [1.54, 1.807) is 23.1 Å². The van der Waals surface area contributed by atoms with E-state index < -0.39 is 24.5 Å². The lowest BCUT2D eigenvalue weighted by atomic mass is 10.3. The zero-order valence-corrected chi connectivity index (χ0v) is 18.2. The lowest BCUT2D eigenvalue weighted by molar-refractivity contribution is -0.142. The van der Waals surface area contributed by atoms with Crippen molar-refractivity contribution in [2.45, 2.75) is 33.7 Å². The molecule has 0 aliphatic heterocycles. The lowest BCUT2D eigenvalue weighted by Crippen LogP contribution is -2.20. The van der Waals surface area contributed by atoms with Crippen LogP contribution in [0.3, 0.4) is 0 Å². The normalized spacial score (nSPS) is 10.7. The summed E-state index contributed by atoms with van der Waals surface area (Å²) in [5.41, 5.74) is 2.35. The van der Waals surface area contributed by atoms with E-state index in [0.29, 0.717) is 23.1 Å². The van der Waals surface area contributed by atoms with Crippen molar-refractivity contribution in [1.82, 2.24) is 14.8 Å². The van der Waals surface area contributed by atoms with Crippen LogP contribution in [0.2, 0.25) is 0 Å². The van der Waals surface area contributed by atoms with Gasteiger partial charge in [0.2, 0.25) is 5.76 Å². The second-order valence-electron chi connectivity index (χ2n) is 6.60. The van der Waals surface area contributed by atoms with Gasteiger partial charge >= 0.3 is 11.9 Å². The van der Waals surface area contributed by atoms with E-state index in [0.717, 1.165) is 22.7 Å². The molecule has 31 heavy (non-hydrogen) atoms. The van der Waals surface area contributed by atoms with E-state index in [9.17, 15) is 14.4 Å². The first-order chi connectivity index (χ1) is 14.8. The summed E-state index contributed by atoms with van der Waals surface area (Å²) in [6, 6.07) is 5.09. The molecule has 0 saturated carbocycles. The van der Waals surface area contributed by atoms with Crippen LogP contribution in [0.4, 0.5) is 5.13 Å². The molecular formula is C20H22N4O6S. The van der Waals surface area contributed by atoms with Crippen LogP contribution in [0.25, 0.3) is 0 Å². The van der Waals surface area contributed by atoms with Crippen LogP contribution < -0.4 is 5.32 Å². The molecule has 3 aromatic rings. The van der Waals surface area contributed by atoms with Crippen LogP contribution in [-0.4, -0.2) is 45.8 Å². The molecule has 3 heterocycles. The highest BCUT2D eigenvalue weighted by Crippen LogP contribution is 2.16. The molecule has 0 fully saturated rings. The summed E-state index contributed by atoms with van der Waals surface area (Å²) in [7, 11) is 0. The number of carbonyl (C=O) groups is 3. The predicted molar refractivity (Wildman–Crippen MR) is 111 cm³/mol. The molecule has 3 rings (SSSR count). The highest BCUT2D eigenvalue weighted by Gasteiger charge is 2.16. The number of anilines is 1. The fourth-order valence-corrected chi connectivity index (χ4v) is 3.44. The van der Waals surface area contributed by atoms with Crippen LogP contribution in [0, 0.1) is 13.8 Å². The third kappa shape index (κ3) is 6.25. The number of nitrogens with zero attached hydrogens (tertiary/aromatic N) is 3. The van der Waals surface area contributed by atoms with Gasteiger partial charge < -0.3 is 13.9 Å². The summed E-state index contributed by atoms with van der Waals surface area (Å²) in [5.74, 6) is -1.16. The van der Waals surface area contributed by atoms with Gasteiger partial charge in [-0.05, 0) is 39.0 Å². The number of esters is 2. The summed E-state index contributed by atoms with van der Waals surface area (Å²) in [6.45, 7) is 5.71. The molecule has 0 atom stereocenters. The average molecular weight is 446 g/mol. The van der Waals surface area contributed by atoms with E-state index in [1.165, 1.54) is 6.07 Å². The summed E-state index contributed by atoms with van der Waals surface area (Å²) in [5, 5.41) is 8.80. The van der Waals surface area contributed by atoms with Crippen LogP contribution in [0.15, 0.2) is 28.0 Å². The van der Waals surface area contributed by atoms with E-state index >= 15 is 0 Å². The molecule has 1 amide bonds. The molecule has 0 aliphatic carbocycles. The topological polar surface area (TPSA) is 126 Å². The number of thiazole rings is 1. The first kappa shape index (κ1) is 22.2. The minimum Gasteiger partial charge on any atom is -0.466 e. The maximum absolute atomic E-state index is 12.1. The Hall–Kier alpha value is -3.47. The number of nitrogens with one attached hydrogen (secondary N) is 1. The molecule has 0 aliphatic rings. The standard InChI is InChI=1S/C20H22N4O6S/c1-4-28-18(26)8-14-11-31-20(21-14)22-17(25)10-29-19(27)16-6-5-15(30-16)9-24-13(3)7-12(2)23-24/h5-7,11H,4,8-10H2,1-3H3,(H,21,22,25). The van der Waals surface area contributed by atoms with E-state index in [1.807, 2.05) is 19.9 Å². The van der Waals surface area contributed by atoms with Crippen LogP contribution in [-0.2, 0) is 32.0 Å². The average Bonchev–Trinajstić information content (AvgIpc) is 3.42. The Morgan fingerprint density at radius 3 is 2.74 bits per heavy atom. The molecule has 3 aromatic heterocycles. The number of aryl methyl sites for hydroxylation is 2. The Kier molecular flexibility index (Phi) is 7.19. The molecule has 11 heteroatoms. The number of rotatable bonds is 9. The molecule has 0 unspecified atom stereocenters. The Balaban J connectivity index is 1.47. The van der Waals surface area contributed by atoms with Crippen molar-refractivity contribution in [2.75, 3.05) is 18.5 Å². The number of hydrogen-bond acceptors (Lipinski definition) is 9. The Bertz CT molecular complexity index is 1080. The number of carbonyl (C=O) groups excluding carboxylic acids is 3. The van der Waals surface area contributed by atoms with Crippen LogP contribution in [0.1, 0.15) is 40.3 Å². The molecule has 164 valence electrons. The van der Waals surface area contributed by atoms with E-state index in [2.05, 4.69) is 15.4 Å². The zero-order chi connectivity index (χ0) is 22.4. The highest BCUT2D eigenvalue weighted by atomic mass is 32.1. The number of furan rings is 1. The number of ether oxygens (including phenoxy) is 2. The minimum atomic E-state index is -0.753. The van der Waals surface area contributed by atoms with Crippen LogP contribution >= 0.6 is 11.3 Å². The van der Waals surface area contributed by atoms with Crippen molar-refractivity contribution < 1.29 is 28.3 Å². The van der Waals surface area contributed by atoms with Gasteiger partial charge in [-0.15, -0.1) is 11.3 Å². The lowest BCUT2D eigenvalue weighted by Gasteiger charge is -2.03. The Morgan fingerprint density at radius 1 is 1.23 bits per heavy atom. The van der Waals surface area contributed by atoms with Gasteiger partial charge in [0.05, 0.1) is 31.0 Å². The van der Waals surface area contributed by atoms with Gasteiger partial charge in [-0.2, -0.15) is 5.10 Å². The van der Waals surface area contributed by atoms with Crippen molar-refractivity contribution >= 4 is 34.3 Å². The van der Waals surface area contributed by atoms with E-state index in [-0.39, 0.29) is 18.8 Å². The summed E-state index contributed by atoms with van der Waals surface area (Å²) < 4.78 is 17.1. The largest absolute Gasteiger partial charge is 0.466 e. The smallest absolute Gasteiger partial charge is 0.374 e. The summed E-state index contributed by atoms with van der Waals surface area (Å²) in [4.78, 5) is 39.7. The van der Waals surface area contributed by atoms with Crippen molar-refractivity contribution in [3.63, 3.8) is 0 Å². The predicted octanol–water partition coefficient (Wildman–Crippen LogP) is 2.50. The first-order valence-electron chi connectivity index (χ1n) is 9.50. The SMILES string of the molecule is CCOC(=O)Cc1csc(NC(=O)COC(=O)c2ccc(Cn3nc(C)cc3C)o2)n1. The molecule has 1 N–H and O–H groups in total. The first-order valence-corrected chi connectivity index (χ1v) is 10.4. The molecule has 0 saturated heterocycles. The highest BCUT2D eigenvalue weighted by molar-refractivity contribution is 7.13. The van der Waals surface area contributed by atoms with Gasteiger partial charge in [0.1, 0.15) is 5.76 Å². The van der Waals surface area contributed by atoms with Crippen molar-refractivity contribution in [3.8, 4) is 0 Å². The van der Waals surface area contributed by atoms with Crippen molar-refractivity contribution in [2.24, 2.45) is 0 Å². The summed E-state index contributed by atoms with van der Waals surface area (Å²) in [6.07, 6.45) is 0.0215. The third-order valence-corrected chi connectivity index (χ3v) is 4.84. The zero-order valence-electron chi connectivity index (χ0n) is 17.3. The van der Waals surface area contributed by atoms with Gasteiger partial charge in [0, 0.05) is 11.1 Å². The third-order valence-electron chi connectivity index (χ3n) is 4.04. The van der Waals surface area contributed by atoms with Gasteiger partial charge in [-0.1, -0.05) is 0 Å².